The molecule has 16 heavy (non-hydrogen) atoms. The van der Waals surface area contributed by atoms with Crippen LogP contribution >= 0.6 is 0 Å². The van der Waals surface area contributed by atoms with Crippen molar-refractivity contribution in [2.75, 3.05) is 18.6 Å². The Bertz CT molecular complexity index is 459. The van der Waals surface area contributed by atoms with Gasteiger partial charge in [-0.05, 0) is 24.1 Å². The first-order valence-electron chi connectivity index (χ1n) is 4.81. The van der Waals surface area contributed by atoms with Crippen molar-refractivity contribution in [2.45, 2.75) is 6.42 Å². The third-order valence-electron chi connectivity index (χ3n) is 2.55. The van der Waals surface area contributed by atoms with Crippen molar-refractivity contribution in [3.05, 3.63) is 29.6 Å². The minimum absolute atomic E-state index is 0.382. The summed E-state index contributed by atoms with van der Waals surface area (Å²) in [6.07, 6.45) is 0.623. The van der Waals surface area contributed by atoms with Gasteiger partial charge in [0.25, 0.3) is 0 Å². The highest BCUT2D eigenvalue weighted by Gasteiger charge is 2.29. The molecule has 1 aromatic rings. The summed E-state index contributed by atoms with van der Waals surface area (Å²) in [6, 6.07) is 4.21. The number of carbonyl (C=O) groups excluding carboxylic acids is 2. The van der Waals surface area contributed by atoms with Gasteiger partial charge in [0.1, 0.15) is 5.82 Å². The minimum Gasteiger partial charge on any atom is -0.462 e. The van der Waals surface area contributed by atoms with Gasteiger partial charge in [0.2, 0.25) is 0 Å². The van der Waals surface area contributed by atoms with Crippen molar-refractivity contribution in [2.24, 2.45) is 0 Å². The Labute approximate surface area is 91.6 Å². The lowest BCUT2D eigenvalue weighted by Crippen LogP contribution is -2.35. The smallest absolute Gasteiger partial charge is 0.397 e. The molecule has 1 aliphatic heterocycles. The molecule has 0 unspecified atom stereocenters. The Kier molecular flexibility index (Phi) is 2.60. The van der Waals surface area contributed by atoms with Crippen molar-refractivity contribution in [3.63, 3.8) is 0 Å². The summed E-state index contributed by atoms with van der Waals surface area (Å²) >= 11 is 0. The van der Waals surface area contributed by atoms with E-state index in [4.69, 9.17) is 0 Å². The topological polar surface area (TPSA) is 46.6 Å². The average molecular weight is 223 g/mol. The van der Waals surface area contributed by atoms with E-state index >= 15 is 0 Å². The van der Waals surface area contributed by atoms with Crippen LogP contribution in [0.2, 0.25) is 0 Å². The van der Waals surface area contributed by atoms with Crippen LogP contribution in [0, 0.1) is 5.82 Å². The van der Waals surface area contributed by atoms with E-state index in [1.807, 2.05) is 0 Å². The lowest BCUT2D eigenvalue weighted by molar-refractivity contribution is -0.151. The number of anilines is 1. The summed E-state index contributed by atoms with van der Waals surface area (Å²) in [7, 11) is 1.14. The Morgan fingerprint density at radius 3 is 2.88 bits per heavy atom. The zero-order valence-corrected chi connectivity index (χ0v) is 8.70. The molecule has 84 valence electrons. The fourth-order valence-corrected chi connectivity index (χ4v) is 1.76. The molecule has 0 saturated heterocycles. The van der Waals surface area contributed by atoms with E-state index in [0.717, 1.165) is 12.7 Å². The van der Waals surface area contributed by atoms with E-state index in [2.05, 4.69) is 4.74 Å². The predicted octanol–water partition coefficient (Wildman–Crippen LogP) is 0.888. The Morgan fingerprint density at radius 2 is 2.19 bits per heavy atom. The molecule has 1 aliphatic rings. The van der Waals surface area contributed by atoms with Gasteiger partial charge in [0.05, 0.1) is 12.8 Å². The number of amides is 1. The molecule has 1 aromatic carbocycles. The molecule has 0 saturated carbocycles. The molecule has 2 rings (SSSR count). The maximum atomic E-state index is 13.0. The van der Waals surface area contributed by atoms with Gasteiger partial charge in [-0.2, -0.15) is 0 Å². The number of halogens is 1. The normalized spacial score (nSPS) is 13.5. The number of methoxy groups -OCH3 is 1. The molecule has 0 radical (unpaired) electrons. The molecule has 5 heteroatoms. The van der Waals surface area contributed by atoms with Crippen LogP contribution in [0.5, 0.6) is 0 Å². The molecule has 1 heterocycles. The number of esters is 1. The van der Waals surface area contributed by atoms with Crippen LogP contribution in [0.1, 0.15) is 5.56 Å². The van der Waals surface area contributed by atoms with E-state index in [9.17, 15) is 14.0 Å². The molecule has 4 nitrogen and oxygen atoms in total. The molecule has 0 N–H and O–H groups in total. The maximum Gasteiger partial charge on any atom is 0.397 e. The SMILES string of the molecule is COC(=O)C(=O)N1CCc2ccc(F)cc21. The second-order valence-corrected chi connectivity index (χ2v) is 3.47. The first-order chi connectivity index (χ1) is 7.63. The van der Waals surface area contributed by atoms with Gasteiger partial charge >= 0.3 is 11.9 Å². The minimum atomic E-state index is -0.933. The fraction of sp³-hybridized carbons (Fsp3) is 0.273. The highest BCUT2D eigenvalue weighted by molar-refractivity contribution is 6.38. The van der Waals surface area contributed by atoms with Crippen LogP contribution in [-0.4, -0.2) is 25.5 Å². The van der Waals surface area contributed by atoms with Crippen molar-refractivity contribution in [3.8, 4) is 0 Å². The molecule has 0 aliphatic carbocycles. The van der Waals surface area contributed by atoms with Crippen LogP contribution in [-0.2, 0) is 20.7 Å². The summed E-state index contributed by atoms with van der Waals surface area (Å²) in [5, 5.41) is 0. The van der Waals surface area contributed by atoms with Crippen molar-refractivity contribution >= 4 is 17.6 Å². The van der Waals surface area contributed by atoms with Gasteiger partial charge in [-0.15, -0.1) is 0 Å². The second kappa shape index (κ2) is 3.92. The Balaban J connectivity index is 2.33. The third-order valence-corrected chi connectivity index (χ3v) is 2.55. The van der Waals surface area contributed by atoms with Crippen molar-refractivity contribution in [1.82, 2.24) is 0 Å². The van der Waals surface area contributed by atoms with Crippen molar-refractivity contribution < 1.29 is 18.7 Å². The van der Waals surface area contributed by atoms with Crippen LogP contribution in [0.15, 0.2) is 18.2 Å². The molecule has 0 atom stereocenters. The van der Waals surface area contributed by atoms with Gasteiger partial charge < -0.3 is 9.64 Å². The second-order valence-electron chi connectivity index (χ2n) is 3.47. The van der Waals surface area contributed by atoms with E-state index in [-0.39, 0.29) is 0 Å². The zero-order valence-electron chi connectivity index (χ0n) is 8.70. The lowest BCUT2D eigenvalue weighted by atomic mass is 10.2. The van der Waals surface area contributed by atoms with E-state index in [1.165, 1.54) is 17.0 Å². The summed E-state index contributed by atoms with van der Waals surface area (Å²) in [5.74, 6) is -2.12. The zero-order chi connectivity index (χ0) is 11.7. The molecular weight excluding hydrogens is 213 g/mol. The number of rotatable bonds is 0. The fourth-order valence-electron chi connectivity index (χ4n) is 1.76. The Hall–Kier alpha value is -1.91. The molecular formula is C11H10FNO3. The van der Waals surface area contributed by atoms with Crippen molar-refractivity contribution in [1.29, 1.82) is 0 Å². The number of benzene rings is 1. The van der Waals surface area contributed by atoms with Gasteiger partial charge in [-0.3, -0.25) is 4.79 Å². The van der Waals surface area contributed by atoms with Crippen LogP contribution in [0.4, 0.5) is 10.1 Å². The van der Waals surface area contributed by atoms with E-state index in [0.29, 0.717) is 18.7 Å². The highest BCUT2D eigenvalue weighted by atomic mass is 19.1. The van der Waals surface area contributed by atoms with Crippen LogP contribution < -0.4 is 4.90 Å². The molecule has 0 spiro atoms. The van der Waals surface area contributed by atoms with Gasteiger partial charge in [-0.25, -0.2) is 9.18 Å². The number of ether oxygens (including phenoxy) is 1. The number of carbonyl (C=O) groups is 2. The summed E-state index contributed by atoms with van der Waals surface area (Å²) in [6.45, 7) is 0.382. The lowest BCUT2D eigenvalue weighted by Gasteiger charge is -2.15. The molecule has 0 aromatic heterocycles. The molecule has 0 bridgehead atoms. The monoisotopic (exact) mass is 223 g/mol. The number of hydrogen-bond acceptors (Lipinski definition) is 3. The molecule has 0 fully saturated rings. The molecule has 1 amide bonds. The number of nitrogens with zero attached hydrogens (tertiary/aromatic N) is 1. The van der Waals surface area contributed by atoms with E-state index in [1.54, 1.807) is 6.07 Å². The summed E-state index contributed by atoms with van der Waals surface area (Å²) in [4.78, 5) is 23.9. The third kappa shape index (κ3) is 1.64. The predicted molar refractivity (Wildman–Crippen MR) is 54.5 cm³/mol. The van der Waals surface area contributed by atoms with Gasteiger partial charge in [0.15, 0.2) is 0 Å². The van der Waals surface area contributed by atoms with Crippen LogP contribution in [0.3, 0.4) is 0 Å². The van der Waals surface area contributed by atoms with E-state index < -0.39 is 17.7 Å². The maximum absolute atomic E-state index is 13.0. The first-order valence-corrected chi connectivity index (χ1v) is 4.81. The number of fused-ring (bicyclic) bond motifs is 1. The van der Waals surface area contributed by atoms with Crippen LogP contribution in [0.25, 0.3) is 0 Å². The first kappa shape index (κ1) is 10.6. The average Bonchev–Trinajstić information content (AvgIpc) is 2.69. The highest BCUT2D eigenvalue weighted by Crippen LogP contribution is 2.28. The Morgan fingerprint density at radius 1 is 1.44 bits per heavy atom. The standard InChI is InChI=1S/C11H10FNO3/c1-16-11(15)10(14)13-5-4-7-2-3-8(12)6-9(7)13/h2-3,6H,4-5H2,1H3. The van der Waals surface area contributed by atoms with Gasteiger partial charge in [0, 0.05) is 6.54 Å². The largest absolute Gasteiger partial charge is 0.462 e. The quantitative estimate of drug-likeness (QED) is 0.484. The van der Waals surface area contributed by atoms with Gasteiger partial charge in [-0.1, -0.05) is 6.07 Å². The number of hydrogen-bond donors (Lipinski definition) is 0. The summed E-state index contributed by atoms with van der Waals surface area (Å²) < 4.78 is 17.4. The summed E-state index contributed by atoms with van der Waals surface area (Å²) in [5.41, 5.74) is 1.31.